The first-order valence-corrected chi connectivity index (χ1v) is 26.8. The number of benzene rings is 12. The molecule has 0 radical (unpaired) electrons. The first kappa shape index (κ1) is 45.5. The van der Waals surface area contributed by atoms with Crippen molar-refractivity contribution in [2.75, 3.05) is 9.80 Å². The number of nitrogens with zero attached hydrogens (tertiary/aromatic N) is 2. The summed E-state index contributed by atoms with van der Waals surface area (Å²) in [5.41, 5.74) is 21.9. The highest BCUT2D eigenvalue weighted by molar-refractivity contribution is 6.29. The first-order chi connectivity index (χ1) is 37.2. The highest BCUT2D eigenvalue weighted by Crippen LogP contribution is 2.52. The molecule has 0 aliphatic rings. The molecule has 0 saturated carbocycles. The molecule has 14 aromatic rings. The van der Waals surface area contributed by atoms with Gasteiger partial charge in [-0.25, -0.2) is 0 Å². The van der Waals surface area contributed by atoms with Crippen LogP contribution < -0.4 is 9.80 Å². The van der Waals surface area contributed by atoms with Gasteiger partial charge in [0.15, 0.2) is 11.2 Å². The van der Waals surface area contributed by atoms with E-state index >= 15 is 0 Å². The Labute approximate surface area is 443 Å². The number of para-hydroxylation sites is 4. The minimum atomic E-state index is 0.858. The summed E-state index contributed by atoms with van der Waals surface area (Å²) in [6, 6.07) is 76.1. The van der Waals surface area contributed by atoms with Crippen molar-refractivity contribution in [1.29, 1.82) is 0 Å². The Hall–Kier alpha value is -9.12. The molecule has 0 fully saturated rings. The number of aryl methyl sites for hydroxylation is 6. The molecule has 0 aliphatic heterocycles. The molecule has 4 heteroatoms. The molecule has 4 nitrogen and oxygen atoms in total. The molecule has 2 aromatic heterocycles. The van der Waals surface area contributed by atoms with Gasteiger partial charge in [-0.15, -0.1) is 0 Å². The zero-order chi connectivity index (χ0) is 51.3. The van der Waals surface area contributed by atoms with Gasteiger partial charge < -0.3 is 18.6 Å². The summed E-state index contributed by atoms with van der Waals surface area (Å²) in [6.07, 6.45) is 1.87. The molecule has 0 bridgehead atoms. The zero-order valence-corrected chi connectivity index (χ0v) is 43.8. The summed E-state index contributed by atoms with van der Waals surface area (Å²) >= 11 is 0. The molecule has 0 N–H and O–H groups in total. The van der Waals surface area contributed by atoms with Crippen LogP contribution in [-0.2, 0) is 12.8 Å². The lowest BCUT2D eigenvalue weighted by Crippen LogP contribution is -2.12. The van der Waals surface area contributed by atoms with Crippen molar-refractivity contribution in [3.63, 3.8) is 0 Å². The maximum Gasteiger partial charge on any atom is 0.159 e. The van der Waals surface area contributed by atoms with E-state index in [2.05, 4.69) is 258 Å². The van der Waals surface area contributed by atoms with Crippen LogP contribution in [0.15, 0.2) is 215 Å². The number of furan rings is 2. The molecule has 0 spiro atoms. The average Bonchev–Trinajstić information content (AvgIpc) is 4.17. The minimum absolute atomic E-state index is 0.858. The van der Waals surface area contributed by atoms with Crippen molar-refractivity contribution in [2.24, 2.45) is 0 Å². The molecule has 2 heterocycles. The van der Waals surface area contributed by atoms with Crippen LogP contribution in [0, 0.1) is 27.7 Å². The Morgan fingerprint density at radius 1 is 0.303 bits per heavy atom. The number of hydrogen-bond acceptors (Lipinski definition) is 4. The van der Waals surface area contributed by atoms with Gasteiger partial charge >= 0.3 is 0 Å². The molecule has 0 aliphatic carbocycles. The van der Waals surface area contributed by atoms with Gasteiger partial charge in [0.2, 0.25) is 0 Å². The Bertz CT molecular complexity index is 4290. The van der Waals surface area contributed by atoms with Gasteiger partial charge in [0.25, 0.3) is 0 Å². The van der Waals surface area contributed by atoms with Crippen molar-refractivity contribution < 1.29 is 8.83 Å². The molecule has 0 amide bonds. The molecule has 0 saturated heterocycles. The topological polar surface area (TPSA) is 32.8 Å². The molecular weight excluding hydrogens is 925 g/mol. The average molecular weight is 981 g/mol. The quantitative estimate of drug-likeness (QED) is 0.128. The molecule has 0 unspecified atom stereocenters. The lowest BCUT2D eigenvalue weighted by atomic mass is 9.91. The van der Waals surface area contributed by atoms with Gasteiger partial charge in [0.1, 0.15) is 11.2 Å². The van der Waals surface area contributed by atoms with E-state index in [4.69, 9.17) is 8.83 Å². The summed E-state index contributed by atoms with van der Waals surface area (Å²) in [5, 5.41) is 11.5. The molecule has 76 heavy (non-hydrogen) atoms. The number of anilines is 6. The van der Waals surface area contributed by atoms with Crippen molar-refractivity contribution in [1.82, 2.24) is 0 Å². The number of fused-ring (bicyclic) bond motifs is 6. The van der Waals surface area contributed by atoms with Gasteiger partial charge in [0.05, 0.1) is 22.7 Å². The fourth-order valence-electron chi connectivity index (χ4n) is 12.7. The van der Waals surface area contributed by atoms with Gasteiger partial charge in [-0.05, 0) is 155 Å². The first-order valence-electron chi connectivity index (χ1n) is 26.8. The molecule has 14 rings (SSSR count). The summed E-state index contributed by atoms with van der Waals surface area (Å²) in [7, 11) is 0. The third-order valence-corrected chi connectivity index (χ3v) is 15.9. The zero-order valence-electron chi connectivity index (χ0n) is 43.8. The van der Waals surface area contributed by atoms with Gasteiger partial charge in [-0.1, -0.05) is 172 Å². The molecule has 12 aromatic carbocycles. The number of hydrogen-bond donors (Lipinski definition) is 0. The van der Waals surface area contributed by atoms with Gasteiger partial charge in [-0.3, -0.25) is 0 Å². The summed E-state index contributed by atoms with van der Waals surface area (Å²) in [4.78, 5) is 4.88. The maximum atomic E-state index is 7.26. The third kappa shape index (κ3) is 7.12. The Morgan fingerprint density at radius 3 is 1.07 bits per heavy atom. The predicted octanol–water partition coefficient (Wildman–Crippen LogP) is 21.0. The van der Waals surface area contributed by atoms with Crippen molar-refractivity contribution in [2.45, 2.75) is 54.4 Å². The third-order valence-electron chi connectivity index (χ3n) is 15.9. The van der Waals surface area contributed by atoms with Crippen LogP contribution in [0.1, 0.15) is 47.2 Å². The van der Waals surface area contributed by atoms with Crippen LogP contribution in [0.5, 0.6) is 0 Å². The molecule has 366 valence electrons. The lowest BCUT2D eigenvalue weighted by molar-refractivity contribution is 0.669. The van der Waals surface area contributed by atoms with E-state index in [0.717, 1.165) is 113 Å². The van der Waals surface area contributed by atoms with Crippen LogP contribution in [-0.4, -0.2) is 0 Å². The van der Waals surface area contributed by atoms with Crippen LogP contribution in [0.25, 0.3) is 98.4 Å². The van der Waals surface area contributed by atoms with E-state index in [9.17, 15) is 0 Å². The Morgan fingerprint density at radius 2 is 0.658 bits per heavy atom. The van der Waals surface area contributed by atoms with Crippen LogP contribution in [0.4, 0.5) is 34.1 Å². The van der Waals surface area contributed by atoms with E-state index in [1.165, 1.54) is 66.1 Å². The van der Waals surface area contributed by atoms with Crippen LogP contribution in [0.2, 0.25) is 0 Å². The highest BCUT2D eigenvalue weighted by Gasteiger charge is 2.27. The fourth-order valence-corrected chi connectivity index (χ4v) is 12.7. The second-order valence-corrected chi connectivity index (χ2v) is 20.9. The SMILES string of the molecule is CCc1ccccc1-c1cccc2c1oc1c(N(c3cc(C)cc(C)c3)c3ccc4ccc5c(N(c6cc(C)cc(C)c6)c6cccc7c6oc6c(-c8ccccc8CC)cccc67)ccc6ccc3c4c65)cccc12. The van der Waals surface area contributed by atoms with E-state index in [0.29, 0.717) is 0 Å². The molecular formula is C72H56N2O2. The van der Waals surface area contributed by atoms with Crippen molar-refractivity contribution >= 4 is 110 Å². The van der Waals surface area contributed by atoms with Gasteiger partial charge in [-0.2, -0.15) is 0 Å². The summed E-state index contributed by atoms with van der Waals surface area (Å²) in [6.45, 7) is 13.2. The fraction of sp³-hybridized carbons (Fsp3) is 0.111. The van der Waals surface area contributed by atoms with Crippen LogP contribution >= 0.6 is 0 Å². The highest BCUT2D eigenvalue weighted by atomic mass is 16.3. The second kappa shape index (κ2) is 17.8. The summed E-state index contributed by atoms with van der Waals surface area (Å²) in [5.74, 6) is 0. The smallest absolute Gasteiger partial charge is 0.159 e. The largest absolute Gasteiger partial charge is 0.453 e. The van der Waals surface area contributed by atoms with Crippen molar-refractivity contribution in [3.8, 4) is 22.3 Å². The van der Waals surface area contributed by atoms with Crippen LogP contribution in [0.3, 0.4) is 0 Å². The van der Waals surface area contributed by atoms with E-state index in [-0.39, 0.29) is 0 Å². The minimum Gasteiger partial charge on any atom is -0.453 e. The monoisotopic (exact) mass is 980 g/mol. The van der Waals surface area contributed by atoms with E-state index < -0.39 is 0 Å². The predicted molar refractivity (Wildman–Crippen MR) is 323 cm³/mol. The van der Waals surface area contributed by atoms with E-state index in [1.807, 2.05) is 0 Å². The standard InChI is InChI=1S/C72H56N2O2/c1-7-47-17-9-11-19-53(47)55-21-13-23-57-59-25-15-27-65(71(59)75-69(55)57)73(51-39-43(3)37-44(4)40-51)63-35-31-49-30-34-62-64(36-32-50-29-33-61(63)67(49)68(50)62)74(52-41-45(5)38-46(6)42-52)66-28-16-26-60-58-24-14-22-56(70(58)76-72(60)66)54-20-12-10-18-48(54)8-2/h9-42H,7-8H2,1-6H3. The molecule has 0 atom stereocenters. The maximum absolute atomic E-state index is 7.26. The second-order valence-electron chi connectivity index (χ2n) is 20.9. The van der Waals surface area contributed by atoms with Gasteiger partial charge in [0, 0.05) is 54.8 Å². The summed E-state index contributed by atoms with van der Waals surface area (Å²) < 4.78 is 14.5. The lowest BCUT2D eigenvalue weighted by Gasteiger charge is -2.30. The van der Waals surface area contributed by atoms with Crippen molar-refractivity contribution in [3.05, 3.63) is 240 Å². The normalized spacial score (nSPS) is 11.9. The number of rotatable bonds is 10. The Kier molecular flexibility index (Phi) is 10.6. The van der Waals surface area contributed by atoms with E-state index in [1.54, 1.807) is 0 Å². The Balaban J connectivity index is 1.01.